The zero-order valence-corrected chi connectivity index (χ0v) is 13.8. The predicted molar refractivity (Wildman–Crippen MR) is 89.2 cm³/mol. The standard InChI is InChI=1S/C15H31N5O3/c16-9-5-2-1-3-8-13(21)19-11-14(22)20-12(15(18)23)7-4-6-10-17/h12H,1-11,16-17H2,(H2,18,23)(H,19,21)(H,20,22)/t12-/m0/s1. The van der Waals surface area contributed by atoms with Crippen LogP contribution in [0.1, 0.15) is 51.4 Å². The lowest BCUT2D eigenvalue weighted by Gasteiger charge is -2.15. The van der Waals surface area contributed by atoms with Crippen LogP contribution in [-0.4, -0.2) is 43.4 Å². The zero-order valence-electron chi connectivity index (χ0n) is 13.8. The summed E-state index contributed by atoms with van der Waals surface area (Å²) in [6.45, 7) is 1.04. The highest BCUT2D eigenvalue weighted by molar-refractivity contribution is 5.89. The molecule has 0 rings (SSSR count). The van der Waals surface area contributed by atoms with Gasteiger partial charge in [-0.1, -0.05) is 12.8 Å². The number of nitrogens with one attached hydrogen (secondary N) is 2. The Bertz CT molecular complexity index is 363. The minimum atomic E-state index is -0.720. The Morgan fingerprint density at radius 1 is 0.826 bits per heavy atom. The first kappa shape index (κ1) is 21.3. The van der Waals surface area contributed by atoms with Gasteiger partial charge in [0.1, 0.15) is 6.04 Å². The average molecular weight is 329 g/mol. The Hall–Kier alpha value is -1.67. The summed E-state index contributed by atoms with van der Waals surface area (Å²) in [7, 11) is 0. The van der Waals surface area contributed by atoms with Crippen molar-refractivity contribution < 1.29 is 14.4 Å². The van der Waals surface area contributed by atoms with Crippen molar-refractivity contribution in [3.05, 3.63) is 0 Å². The normalized spacial score (nSPS) is 11.7. The number of hydrogen-bond donors (Lipinski definition) is 5. The summed E-state index contributed by atoms with van der Waals surface area (Å²) in [5.74, 6) is -1.17. The molecular formula is C15H31N5O3. The van der Waals surface area contributed by atoms with Gasteiger partial charge in [0.25, 0.3) is 0 Å². The average Bonchev–Trinajstić information content (AvgIpc) is 2.51. The van der Waals surface area contributed by atoms with Gasteiger partial charge in [-0.15, -0.1) is 0 Å². The Kier molecular flexibility index (Phi) is 12.9. The molecule has 0 heterocycles. The van der Waals surface area contributed by atoms with Crippen LogP contribution >= 0.6 is 0 Å². The van der Waals surface area contributed by atoms with E-state index < -0.39 is 17.9 Å². The maximum Gasteiger partial charge on any atom is 0.240 e. The van der Waals surface area contributed by atoms with Crippen molar-refractivity contribution in [1.82, 2.24) is 10.6 Å². The summed E-state index contributed by atoms with van der Waals surface area (Å²) in [6.07, 6.45) is 6.00. The lowest BCUT2D eigenvalue weighted by atomic mass is 10.1. The fraction of sp³-hybridized carbons (Fsp3) is 0.800. The summed E-state index contributed by atoms with van der Waals surface area (Å²) in [5, 5.41) is 5.07. The molecule has 0 aromatic rings. The van der Waals surface area contributed by atoms with Gasteiger partial charge in [0, 0.05) is 6.42 Å². The van der Waals surface area contributed by atoms with Gasteiger partial charge < -0.3 is 27.8 Å². The van der Waals surface area contributed by atoms with E-state index in [2.05, 4.69) is 10.6 Å². The molecule has 8 nitrogen and oxygen atoms in total. The molecule has 134 valence electrons. The van der Waals surface area contributed by atoms with Crippen LogP contribution in [0.2, 0.25) is 0 Å². The molecule has 0 aliphatic heterocycles. The highest BCUT2D eigenvalue weighted by Crippen LogP contribution is 2.02. The van der Waals surface area contributed by atoms with Crippen LogP contribution in [0.4, 0.5) is 0 Å². The van der Waals surface area contributed by atoms with Gasteiger partial charge in [-0.05, 0) is 45.2 Å². The number of hydrogen-bond acceptors (Lipinski definition) is 5. The third-order valence-electron chi connectivity index (χ3n) is 3.43. The molecule has 1 atom stereocenters. The fourth-order valence-corrected chi connectivity index (χ4v) is 2.07. The van der Waals surface area contributed by atoms with Crippen molar-refractivity contribution in [3.8, 4) is 0 Å². The summed E-state index contributed by atoms with van der Waals surface area (Å²) in [5.41, 5.74) is 16.0. The van der Waals surface area contributed by atoms with Crippen LogP contribution in [0.25, 0.3) is 0 Å². The molecule has 0 fully saturated rings. The quantitative estimate of drug-likeness (QED) is 0.262. The van der Waals surface area contributed by atoms with E-state index in [-0.39, 0.29) is 12.5 Å². The van der Waals surface area contributed by atoms with E-state index in [1.807, 2.05) is 0 Å². The molecular weight excluding hydrogens is 298 g/mol. The predicted octanol–water partition coefficient (Wildman–Crippen LogP) is -0.889. The third-order valence-corrected chi connectivity index (χ3v) is 3.43. The topological polar surface area (TPSA) is 153 Å². The summed E-state index contributed by atoms with van der Waals surface area (Å²) in [4.78, 5) is 34.6. The fourth-order valence-electron chi connectivity index (χ4n) is 2.07. The number of primary amides is 1. The third kappa shape index (κ3) is 12.5. The van der Waals surface area contributed by atoms with E-state index in [9.17, 15) is 14.4 Å². The first-order chi connectivity index (χ1) is 11.0. The molecule has 0 saturated carbocycles. The molecule has 8 heteroatoms. The van der Waals surface area contributed by atoms with Crippen LogP contribution in [0.3, 0.4) is 0 Å². The van der Waals surface area contributed by atoms with E-state index >= 15 is 0 Å². The molecule has 0 spiro atoms. The Labute approximate surface area is 137 Å². The van der Waals surface area contributed by atoms with Crippen molar-refractivity contribution in [2.75, 3.05) is 19.6 Å². The molecule has 0 unspecified atom stereocenters. The van der Waals surface area contributed by atoms with E-state index in [0.717, 1.165) is 32.1 Å². The van der Waals surface area contributed by atoms with Crippen LogP contribution in [0.15, 0.2) is 0 Å². The largest absolute Gasteiger partial charge is 0.368 e. The molecule has 0 aromatic heterocycles. The smallest absolute Gasteiger partial charge is 0.240 e. The van der Waals surface area contributed by atoms with Gasteiger partial charge in [-0.25, -0.2) is 0 Å². The molecule has 3 amide bonds. The van der Waals surface area contributed by atoms with Gasteiger partial charge in [-0.3, -0.25) is 14.4 Å². The Morgan fingerprint density at radius 2 is 1.43 bits per heavy atom. The van der Waals surface area contributed by atoms with E-state index in [1.165, 1.54) is 0 Å². The molecule has 0 aliphatic carbocycles. The first-order valence-electron chi connectivity index (χ1n) is 8.26. The number of carbonyl (C=O) groups excluding carboxylic acids is 3. The monoisotopic (exact) mass is 329 g/mol. The Morgan fingerprint density at radius 3 is 2.04 bits per heavy atom. The van der Waals surface area contributed by atoms with E-state index in [0.29, 0.717) is 32.4 Å². The van der Waals surface area contributed by atoms with Crippen LogP contribution in [0, 0.1) is 0 Å². The summed E-state index contributed by atoms with van der Waals surface area (Å²) >= 11 is 0. The molecule has 0 aliphatic rings. The SMILES string of the molecule is NCCCCCCC(=O)NCC(=O)N[C@@H](CCCCN)C(N)=O. The van der Waals surface area contributed by atoms with Crippen molar-refractivity contribution in [1.29, 1.82) is 0 Å². The molecule has 8 N–H and O–H groups in total. The second-order valence-corrected chi connectivity index (χ2v) is 5.54. The van der Waals surface area contributed by atoms with Crippen molar-refractivity contribution in [3.63, 3.8) is 0 Å². The lowest BCUT2D eigenvalue weighted by Crippen LogP contribution is -2.47. The lowest BCUT2D eigenvalue weighted by molar-refractivity contribution is -0.128. The molecule has 23 heavy (non-hydrogen) atoms. The van der Waals surface area contributed by atoms with Crippen LogP contribution in [0.5, 0.6) is 0 Å². The van der Waals surface area contributed by atoms with Crippen molar-refractivity contribution in [2.45, 2.75) is 57.4 Å². The number of nitrogens with two attached hydrogens (primary N) is 3. The van der Waals surface area contributed by atoms with Crippen molar-refractivity contribution >= 4 is 17.7 Å². The maximum atomic E-state index is 11.7. The summed E-state index contributed by atoms with van der Waals surface area (Å²) < 4.78 is 0. The summed E-state index contributed by atoms with van der Waals surface area (Å²) in [6, 6.07) is -0.720. The Balaban J connectivity index is 3.88. The minimum absolute atomic E-state index is 0.150. The number of rotatable bonds is 14. The highest BCUT2D eigenvalue weighted by Gasteiger charge is 2.17. The van der Waals surface area contributed by atoms with Gasteiger partial charge in [0.2, 0.25) is 17.7 Å². The minimum Gasteiger partial charge on any atom is -0.368 e. The highest BCUT2D eigenvalue weighted by atomic mass is 16.2. The number of carbonyl (C=O) groups is 3. The van der Waals surface area contributed by atoms with Crippen molar-refractivity contribution in [2.24, 2.45) is 17.2 Å². The van der Waals surface area contributed by atoms with Gasteiger partial charge in [-0.2, -0.15) is 0 Å². The first-order valence-corrected chi connectivity index (χ1v) is 8.26. The van der Waals surface area contributed by atoms with Gasteiger partial charge in [0.05, 0.1) is 6.54 Å². The van der Waals surface area contributed by atoms with Crippen LogP contribution in [-0.2, 0) is 14.4 Å². The molecule has 0 radical (unpaired) electrons. The number of unbranched alkanes of at least 4 members (excludes halogenated alkanes) is 4. The zero-order chi connectivity index (χ0) is 17.5. The van der Waals surface area contributed by atoms with E-state index in [1.54, 1.807) is 0 Å². The second-order valence-electron chi connectivity index (χ2n) is 5.54. The molecule has 0 bridgehead atoms. The molecule has 0 saturated heterocycles. The van der Waals surface area contributed by atoms with Gasteiger partial charge in [0.15, 0.2) is 0 Å². The second kappa shape index (κ2) is 14.0. The maximum absolute atomic E-state index is 11.7. The number of amides is 3. The molecule has 0 aromatic carbocycles. The van der Waals surface area contributed by atoms with Gasteiger partial charge >= 0.3 is 0 Å². The van der Waals surface area contributed by atoms with Crippen LogP contribution < -0.4 is 27.8 Å². The van der Waals surface area contributed by atoms with E-state index in [4.69, 9.17) is 17.2 Å².